The molecule has 1 unspecified atom stereocenters. The Hall–Kier alpha value is 0. The summed E-state index contributed by atoms with van der Waals surface area (Å²) >= 11 is 0. The van der Waals surface area contributed by atoms with Crippen LogP contribution in [0, 0.1) is 11.8 Å². The number of hydrogen-bond donors (Lipinski definition) is 0. The molecular formula is C36H74. The van der Waals surface area contributed by atoms with Gasteiger partial charge in [0.05, 0.1) is 0 Å². The predicted octanol–water partition coefficient (Wildman–Crippen LogP) is 14.0. The Bertz CT molecular complexity index is 356. The van der Waals surface area contributed by atoms with Crippen LogP contribution in [0.2, 0.25) is 0 Å². The Balaban J connectivity index is 4.66. The molecule has 0 N–H and O–H groups in total. The Morgan fingerprint density at radius 1 is 0.222 bits per heavy atom. The molecule has 0 aliphatic heterocycles. The van der Waals surface area contributed by atoms with Crippen LogP contribution in [0.25, 0.3) is 0 Å². The fourth-order valence-electron chi connectivity index (χ4n) is 6.33. The second-order valence-corrected chi connectivity index (χ2v) is 12.5. The van der Waals surface area contributed by atoms with Crippen molar-refractivity contribution in [2.24, 2.45) is 11.8 Å². The molecule has 0 rings (SSSR count). The van der Waals surface area contributed by atoms with Crippen molar-refractivity contribution in [1.82, 2.24) is 0 Å². The zero-order valence-electron chi connectivity index (χ0n) is 26.4. The highest BCUT2D eigenvalue weighted by Crippen LogP contribution is 2.33. The van der Waals surface area contributed by atoms with Gasteiger partial charge >= 0.3 is 0 Å². The summed E-state index contributed by atoms with van der Waals surface area (Å²) in [5.41, 5.74) is 0. The van der Waals surface area contributed by atoms with E-state index in [0.717, 1.165) is 11.8 Å². The lowest BCUT2D eigenvalue weighted by Crippen LogP contribution is -2.16. The van der Waals surface area contributed by atoms with Crippen molar-refractivity contribution >= 4 is 0 Å². The summed E-state index contributed by atoms with van der Waals surface area (Å²) < 4.78 is 0. The van der Waals surface area contributed by atoms with Gasteiger partial charge in [0, 0.05) is 0 Å². The zero-order valence-corrected chi connectivity index (χ0v) is 26.4. The molecule has 0 aliphatic rings. The molecule has 1 atom stereocenters. The van der Waals surface area contributed by atoms with Gasteiger partial charge in [0.2, 0.25) is 0 Å². The Morgan fingerprint density at radius 2 is 0.389 bits per heavy atom. The van der Waals surface area contributed by atoms with Crippen molar-refractivity contribution in [3.05, 3.63) is 0 Å². The van der Waals surface area contributed by atoms with E-state index in [9.17, 15) is 0 Å². The molecule has 0 heteroatoms. The maximum Gasteiger partial charge on any atom is -0.0386 e. The first-order valence-corrected chi connectivity index (χ1v) is 17.8. The second kappa shape index (κ2) is 31.2. The molecule has 0 heterocycles. The first-order valence-electron chi connectivity index (χ1n) is 17.8. The zero-order chi connectivity index (χ0) is 26.4. The summed E-state index contributed by atoms with van der Waals surface area (Å²) in [4.78, 5) is 0. The van der Waals surface area contributed by atoms with E-state index in [1.807, 2.05) is 0 Å². The van der Waals surface area contributed by atoms with E-state index in [4.69, 9.17) is 0 Å². The average molecular weight is 507 g/mol. The van der Waals surface area contributed by atoms with E-state index in [1.165, 1.54) is 167 Å². The molecule has 0 aromatic rings. The smallest absolute Gasteiger partial charge is 0.0386 e. The van der Waals surface area contributed by atoms with Gasteiger partial charge in [-0.15, -0.1) is 0 Å². The molecule has 0 aliphatic carbocycles. The van der Waals surface area contributed by atoms with Crippen molar-refractivity contribution in [2.45, 2.75) is 220 Å². The third kappa shape index (κ3) is 25.6. The fourth-order valence-corrected chi connectivity index (χ4v) is 6.33. The molecule has 0 amide bonds. The van der Waals surface area contributed by atoms with Crippen molar-refractivity contribution in [3.8, 4) is 0 Å². The maximum atomic E-state index is 2.34. The monoisotopic (exact) mass is 507 g/mol. The van der Waals surface area contributed by atoms with Crippen LogP contribution >= 0.6 is 0 Å². The second-order valence-electron chi connectivity index (χ2n) is 12.5. The summed E-state index contributed by atoms with van der Waals surface area (Å²) in [5, 5.41) is 0. The lowest BCUT2D eigenvalue weighted by molar-refractivity contribution is 0.236. The van der Waals surface area contributed by atoms with Crippen LogP contribution in [-0.4, -0.2) is 0 Å². The lowest BCUT2D eigenvalue weighted by Gasteiger charge is -2.28. The standard InChI is InChI=1S/C36H74/c1-5-9-13-17-21-22-26-30-34-36(33-29-25-20-16-12-8-4)35(31-27-23-18-14-10-6-2)32-28-24-19-15-11-7-3/h35-36H,5-34H2,1-4H3. The number of hydrogen-bond acceptors (Lipinski definition) is 0. The van der Waals surface area contributed by atoms with Crippen LogP contribution in [0.3, 0.4) is 0 Å². The molecule has 36 heavy (non-hydrogen) atoms. The molecular weight excluding hydrogens is 432 g/mol. The minimum absolute atomic E-state index is 1.03. The number of unbranched alkanes of at least 4 members (excludes halogenated alkanes) is 22. The summed E-state index contributed by atoms with van der Waals surface area (Å²) in [6.45, 7) is 9.36. The molecule has 0 fully saturated rings. The SMILES string of the molecule is CCCCCCCCCCC(CCCCCCCC)C(CCCCCCCC)CCCCCCCC. The fraction of sp³-hybridized carbons (Fsp3) is 1.00. The lowest BCUT2D eigenvalue weighted by atomic mass is 9.78. The van der Waals surface area contributed by atoms with E-state index in [2.05, 4.69) is 27.7 Å². The predicted molar refractivity (Wildman–Crippen MR) is 168 cm³/mol. The molecule has 0 nitrogen and oxygen atoms in total. The third-order valence-electron chi connectivity index (χ3n) is 8.88. The van der Waals surface area contributed by atoms with E-state index >= 15 is 0 Å². The summed E-state index contributed by atoms with van der Waals surface area (Å²) in [5.74, 6) is 2.06. The van der Waals surface area contributed by atoms with Crippen LogP contribution in [0.4, 0.5) is 0 Å². The molecule has 218 valence electrons. The quantitative estimate of drug-likeness (QED) is 0.0820. The molecule has 0 bridgehead atoms. The molecule has 0 aromatic heterocycles. The normalized spacial score (nSPS) is 12.6. The first kappa shape index (κ1) is 36.0. The summed E-state index contributed by atoms with van der Waals surface area (Å²) in [7, 11) is 0. The topological polar surface area (TPSA) is 0 Å². The van der Waals surface area contributed by atoms with Gasteiger partial charge in [-0.3, -0.25) is 0 Å². The van der Waals surface area contributed by atoms with Crippen LogP contribution in [-0.2, 0) is 0 Å². The molecule has 0 aromatic carbocycles. The minimum Gasteiger partial charge on any atom is -0.0654 e. The van der Waals surface area contributed by atoms with Crippen molar-refractivity contribution in [1.29, 1.82) is 0 Å². The van der Waals surface area contributed by atoms with Crippen molar-refractivity contribution in [3.63, 3.8) is 0 Å². The molecule has 0 saturated heterocycles. The van der Waals surface area contributed by atoms with Gasteiger partial charge in [-0.05, 0) is 11.8 Å². The van der Waals surface area contributed by atoms with Gasteiger partial charge in [0.15, 0.2) is 0 Å². The highest BCUT2D eigenvalue weighted by atomic mass is 14.3. The van der Waals surface area contributed by atoms with Crippen molar-refractivity contribution in [2.75, 3.05) is 0 Å². The van der Waals surface area contributed by atoms with Gasteiger partial charge in [0.1, 0.15) is 0 Å². The van der Waals surface area contributed by atoms with Crippen LogP contribution < -0.4 is 0 Å². The van der Waals surface area contributed by atoms with E-state index in [1.54, 1.807) is 25.7 Å². The van der Waals surface area contributed by atoms with Gasteiger partial charge in [-0.25, -0.2) is 0 Å². The van der Waals surface area contributed by atoms with Gasteiger partial charge in [0.25, 0.3) is 0 Å². The summed E-state index contributed by atoms with van der Waals surface area (Å²) in [6, 6.07) is 0. The Morgan fingerprint density at radius 3 is 0.583 bits per heavy atom. The van der Waals surface area contributed by atoms with Crippen LogP contribution in [0.1, 0.15) is 220 Å². The van der Waals surface area contributed by atoms with Crippen LogP contribution in [0.15, 0.2) is 0 Å². The third-order valence-corrected chi connectivity index (χ3v) is 8.88. The summed E-state index contributed by atoms with van der Waals surface area (Å²) in [6.07, 6.45) is 44.3. The molecule has 0 saturated carbocycles. The highest BCUT2D eigenvalue weighted by molar-refractivity contribution is 4.72. The van der Waals surface area contributed by atoms with Crippen LogP contribution in [0.5, 0.6) is 0 Å². The van der Waals surface area contributed by atoms with E-state index in [-0.39, 0.29) is 0 Å². The Kier molecular flexibility index (Phi) is 31.2. The van der Waals surface area contributed by atoms with Gasteiger partial charge in [-0.2, -0.15) is 0 Å². The molecule has 0 spiro atoms. The average Bonchev–Trinajstić information content (AvgIpc) is 2.89. The van der Waals surface area contributed by atoms with Gasteiger partial charge in [-0.1, -0.05) is 220 Å². The maximum absolute atomic E-state index is 2.34. The van der Waals surface area contributed by atoms with Gasteiger partial charge < -0.3 is 0 Å². The highest BCUT2D eigenvalue weighted by Gasteiger charge is 2.20. The minimum atomic E-state index is 1.03. The largest absolute Gasteiger partial charge is 0.0654 e. The number of rotatable bonds is 31. The molecule has 0 radical (unpaired) electrons. The Labute approximate surface area is 232 Å². The first-order chi connectivity index (χ1) is 17.8. The van der Waals surface area contributed by atoms with E-state index in [0.29, 0.717) is 0 Å². The van der Waals surface area contributed by atoms with E-state index < -0.39 is 0 Å². The van der Waals surface area contributed by atoms with Crippen molar-refractivity contribution < 1.29 is 0 Å².